The lowest BCUT2D eigenvalue weighted by atomic mass is 10.2. The molecule has 1 aromatic carbocycles. The van der Waals surface area contributed by atoms with E-state index in [1.807, 2.05) is 0 Å². The molecule has 1 heterocycles. The summed E-state index contributed by atoms with van der Waals surface area (Å²) in [6, 6.07) is 4.52. The molecule has 2 rings (SSSR count). The predicted octanol–water partition coefficient (Wildman–Crippen LogP) is 2.54. The second-order valence-corrected chi connectivity index (χ2v) is 3.70. The number of halogens is 2. The van der Waals surface area contributed by atoms with Crippen LogP contribution in [-0.2, 0) is 6.54 Å². The molecular weight excluding hydrogens is 231 g/mol. The van der Waals surface area contributed by atoms with Gasteiger partial charge in [-0.15, -0.1) is 0 Å². The minimum atomic E-state index is -0.367. The highest BCUT2D eigenvalue weighted by Gasteiger charge is 2.07. The van der Waals surface area contributed by atoms with E-state index in [2.05, 4.69) is 4.98 Å². The lowest BCUT2D eigenvalue weighted by molar-refractivity contribution is 0.111. The standard InChI is InChI=1S/C11H8ClFN2O/c12-10-2-1-3-11(13)9(10)5-15-4-8(6-16)14-7-15/h1-4,6-7H,5H2. The average molecular weight is 239 g/mol. The lowest BCUT2D eigenvalue weighted by Crippen LogP contribution is -2.00. The quantitative estimate of drug-likeness (QED) is 0.771. The van der Waals surface area contributed by atoms with Crippen molar-refractivity contribution in [2.24, 2.45) is 0 Å². The topological polar surface area (TPSA) is 34.9 Å². The minimum absolute atomic E-state index is 0.256. The molecule has 0 saturated carbocycles. The van der Waals surface area contributed by atoms with Crippen LogP contribution in [0.5, 0.6) is 0 Å². The van der Waals surface area contributed by atoms with E-state index in [0.717, 1.165) is 0 Å². The number of aldehydes is 1. The average Bonchev–Trinajstić information content (AvgIpc) is 2.71. The van der Waals surface area contributed by atoms with Gasteiger partial charge in [-0.3, -0.25) is 4.79 Å². The highest BCUT2D eigenvalue weighted by molar-refractivity contribution is 6.31. The molecule has 0 saturated heterocycles. The van der Waals surface area contributed by atoms with Crippen LogP contribution in [0.15, 0.2) is 30.7 Å². The summed E-state index contributed by atoms with van der Waals surface area (Å²) in [7, 11) is 0. The van der Waals surface area contributed by atoms with Crippen molar-refractivity contribution in [2.75, 3.05) is 0 Å². The third-order valence-corrected chi connectivity index (χ3v) is 2.53. The summed E-state index contributed by atoms with van der Waals surface area (Å²) < 4.78 is 15.0. The van der Waals surface area contributed by atoms with Gasteiger partial charge in [-0.25, -0.2) is 9.37 Å². The van der Waals surface area contributed by atoms with Crippen molar-refractivity contribution >= 4 is 17.9 Å². The first-order valence-electron chi connectivity index (χ1n) is 4.60. The molecule has 0 aliphatic rings. The van der Waals surface area contributed by atoms with Gasteiger partial charge in [0, 0.05) is 16.8 Å². The SMILES string of the molecule is O=Cc1cn(Cc2c(F)cccc2Cl)cn1. The Hall–Kier alpha value is -1.68. The fraction of sp³-hybridized carbons (Fsp3) is 0.0909. The van der Waals surface area contributed by atoms with Crippen molar-refractivity contribution in [3.63, 3.8) is 0 Å². The van der Waals surface area contributed by atoms with Gasteiger partial charge in [0.2, 0.25) is 0 Å². The molecule has 2 aromatic rings. The van der Waals surface area contributed by atoms with Crippen LogP contribution in [0.25, 0.3) is 0 Å². The van der Waals surface area contributed by atoms with Gasteiger partial charge in [-0.2, -0.15) is 0 Å². The Morgan fingerprint density at radius 2 is 2.31 bits per heavy atom. The van der Waals surface area contributed by atoms with E-state index in [1.54, 1.807) is 16.7 Å². The van der Waals surface area contributed by atoms with E-state index in [1.165, 1.54) is 18.6 Å². The Bertz CT molecular complexity index is 504. The number of hydrogen-bond donors (Lipinski definition) is 0. The van der Waals surface area contributed by atoms with Gasteiger partial charge < -0.3 is 4.57 Å². The third-order valence-electron chi connectivity index (χ3n) is 2.18. The van der Waals surface area contributed by atoms with Crippen LogP contribution >= 0.6 is 11.6 Å². The molecule has 0 spiro atoms. The molecule has 0 atom stereocenters. The molecule has 16 heavy (non-hydrogen) atoms. The van der Waals surface area contributed by atoms with Gasteiger partial charge in [0.15, 0.2) is 6.29 Å². The first-order chi connectivity index (χ1) is 7.70. The molecule has 5 heteroatoms. The van der Waals surface area contributed by atoms with Crippen LogP contribution in [0.1, 0.15) is 16.1 Å². The summed E-state index contributed by atoms with van der Waals surface area (Å²) in [5.41, 5.74) is 0.700. The fourth-order valence-electron chi connectivity index (χ4n) is 1.39. The van der Waals surface area contributed by atoms with E-state index in [0.29, 0.717) is 22.6 Å². The summed E-state index contributed by atoms with van der Waals surface area (Å²) in [6.45, 7) is 0.256. The molecule has 0 fully saturated rings. The predicted molar refractivity (Wildman–Crippen MR) is 58.1 cm³/mol. The number of hydrogen-bond acceptors (Lipinski definition) is 2. The normalized spacial score (nSPS) is 10.4. The summed E-state index contributed by atoms with van der Waals surface area (Å²) in [5, 5.41) is 0.362. The molecule has 0 unspecified atom stereocenters. The number of rotatable bonds is 3. The van der Waals surface area contributed by atoms with E-state index >= 15 is 0 Å². The van der Waals surface area contributed by atoms with Gasteiger partial charge in [-0.1, -0.05) is 17.7 Å². The van der Waals surface area contributed by atoms with Gasteiger partial charge in [0.25, 0.3) is 0 Å². The number of benzene rings is 1. The Kier molecular flexibility index (Phi) is 3.01. The maximum atomic E-state index is 13.4. The Balaban J connectivity index is 2.29. The van der Waals surface area contributed by atoms with Crippen LogP contribution in [0.4, 0.5) is 4.39 Å². The monoisotopic (exact) mass is 238 g/mol. The van der Waals surface area contributed by atoms with Gasteiger partial charge in [-0.05, 0) is 12.1 Å². The van der Waals surface area contributed by atoms with E-state index in [9.17, 15) is 9.18 Å². The fourth-order valence-corrected chi connectivity index (χ4v) is 1.61. The first-order valence-corrected chi connectivity index (χ1v) is 4.98. The molecule has 0 aliphatic heterocycles. The maximum Gasteiger partial charge on any atom is 0.169 e. The number of imidazole rings is 1. The summed E-state index contributed by atoms with van der Waals surface area (Å²) >= 11 is 5.88. The Morgan fingerprint density at radius 1 is 1.50 bits per heavy atom. The van der Waals surface area contributed by atoms with Crippen molar-refractivity contribution in [1.29, 1.82) is 0 Å². The maximum absolute atomic E-state index is 13.4. The number of carbonyl (C=O) groups excluding carboxylic acids is 1. The molecule has 0 bridgehead atoms. The zero-order valence-corrected chi connectivity index (χ0v) is 8.99. The number of carbonyl (C=O) groups is 1. The molecular formula is C11H8ClFN2O. The largest absolute Gasteiger partial charge is 0.332 e. The van der Waals surface area contributed by atoms with Crippen molar-refractivity contribution in [3.8, 4) is 0 Å². The van der Waals surface area contributed by atoms with Crippen molar-refractivity contribution in [1.82, 2.24) is 9.55 Å². The number of nitrogens with zero attached hydrogens (tertiary/aromatic N) is 2. The van der Waals surface area contributed by atoms with E-state index < -0.39 is 0 Å². The molecule has 0 aliphatic carbocycles. The second-order valence-electron chi connectivity index (χ2n) is 3.29. The highest BCUT2D eigenvalue weighted by atomic mass is 35.5. The molecule has 1 aromatic heterocycles. The van der Waals surface area contributed by atoms with Crippen molar-refractivity contribution in [2.45, 2.75) is 6.54 Å². The lowest BCUT2D eigenvalue weighted by Gasteiger charge is -2.05. The Labute approximate surface area is 96.5 Å². The van der Waals surface area contributed by atoms with E-state index in [-0.39, 0.29) is 12.4 Å². The number of aromatic nitrogens is 2. The zero-order valence-electron chi connectivity index (χ0n) is 8.23. The molecule has 0 amide bonds. The van der Waals surface area contributed by atoms with Crippen molar-refractivity contribution in [3.05, 3.63) is 52.8 Å². The van der Waals surface area contributed by atoms with Crippen molar-refractivity contribution < 1.29 is 9.18 Å². The van der Waals surface area contributed by atoms with Gasteiger partial charge >= 0.3 is 0 Å². The first kappa shape index (κ1) is 10.8. The third kappa shape index (κ3) is 2.12. The van der Waals surface area contributed by atoms with Crippen LogP contribution < -0.4 is 0 Å². The smallest absolute Gasteiger partial charge is 0.169 e. The molecule has 0 radical (unpaired) electrons. The summed E-state index contributed by atoms with van der Waals surface area (Å²) in [4.78, 5) is 14.2. The summed E-state index contributed by atoms with van der Waals surface area (Å²) in [5.74, 6) is -0.367. The summed E-state index contributed by atoms with van der Waals surface area (Å²) in [6.07, 6.45) is 3.64. The Morgan fingerprint density at radius 3 is 2.94 bits per heavy atom. The van der Waals surface area contributed by atoms with Gasteiger partial charge in [0.1, 0.15) is 11.5 Å². The van der Waals surface area contributed by atoms with Crippen LogP contribution in [0.2, 0.25) is 5.02 Å². The zero-order chi connectivity index (χ0) is 11.5. The molecule has 0 N–H and O–H groups in total. The molecule has 3 nitrogen and oxygen atoms in total. The van der Waals surface area contributed by atoms with Crippen LogP contribution in [0.3, 0.4) is 0 Å². The van der Waals surface area contributed by atoms with Gasteiger partial charge in [0.05, 0.1) is 12.9 Å². The van der Waals surface area contributed by atoms with E-state index in [4.69, 9.17) is 11.6 Å². The van der Waals surface area contributed by atoms with Crippen LogP contribution in [0, 0.1) is 5.82 Å². The highest BCUT2D eigenvalue weighted by Crippen LogP contribution is 2.19. The van der Waals surface area contributed by atoms with Crippen LogP contribution in [-0.4, -0.2) is 15.8 Å². The molecule has 82 valence electrons. The minimum Gasteiger partial charge on any atom is -0.332 e. The second kappa shape index (κ2) is 4.45.